The van der Waals surface area contributed by atoms with Crippen LogP contribution in [0.3, 0.4) is 0 Å². The second-order valence-corrected chi connectivity index (χ2v) is 9.80. The molecule has 1 rings (SSSR count). The summed E-state index contributed by atoms with van der Waals surface area (Å²) in [4.78, 5) is 11.3. The fourth-order valence-corrected chi connectivity index (χ4v) is 1.81. The summed E-state index contributed by atoms with van der Waals surface area (Å²) >= 11 is 0. The van der Waals surface area contributed by atoms with Crippen LogP contribution in [0.4, 0.5) is 0 Å². The molecule has 1 N–H and O–H groups in total. The maximum Gasteiger partial charge on any atom is 0.224 e. The van der Waals surface area contributed by atoms with E-state index in [2.05, 4.69) is 36.4 Å². The molecule has 3 heteroatoms. The topological polar surface area (TPSA) is 29.1 Å². The lowest BCUT2D eigenvalue weighted by Crippen LogP contribution is -2.19. The van der Waals surface area contributed by atoms with Crippen LogP contribution in [-0.2, 0) is 11.2 Å². The molecule has 0 unspecified atom stereocenters. The summed E-state index contributed by atoms with van der Waals surface area (Å²) in [5, 5.41) is 2.62. The van der Waals surface area contributed by atoms with Crippen LogP contribution in [0.1, 0.15) is 11.1 Å². The Hall–Kier alpha value is -1.53. The molecule has 17 heavy (non-hydrogen) atoms. The third kappa shape index (κ3) is 5.37. The Balaban J connectivity index is 2.85. The van der Waals surface area contributed by atoms with Gasteiger partial charge in [-0.05, 0) is 17.7 Å². The molecule has 2 nitrogen and oxygen atoms in total. The van der Waals surface area contributed by atoms with Crippen LogP contribution in [0.15, 0.2) is 24.3 Å². The van der Waals surface area contributed by atoms with Gasteiger partial charge in [0.15, 0.2) is 0 Å². The first-order valence-electron chi connectivity index (χ1n) is 5.73. The Morgan fingerprint density at radius 1 is 1.35 bits per heavy atom. The number of rotatable bonds is 2. The van der Waals surface area contributed by atoms with Gasteiger partial charge in [0.1, 0.15) is 8.07 Å². The van der Waals surface area contributed by atoms with Gasteiger partial charge in [-0.1, -0.05) is 37.7 Å². The lowest BCUT2D eigenvalue weighted by atomic mass is 10.1. The lowest BCUT2D eigenvalue weighted by Gasteiger charge is -2.04. The quantitative estimate of drug-likeness (QED) is 0.628. The monoisotopic (exact) mass is 245 g/mol. The van der Waals surface area contributed by atoms with Gasteiger partial charge in [-0.3, -0.25) is 4.79 Å². The summed E-state index contributed by atoms with van der Waals surface area (Å²) in [5.74, 6) is 3.22. The summed E-state index contributed by atoms with van der Waals surface area (Å²) in [6, 6.07) is 7.88. The minimum Gasteiger partial charge on any atom is -0.359 e. The van der Waals surface area contributed by atoms with E-state index in [1.165, 1.54) is 0 Å². The van der Waals surface area contributed by atoms with E-state index in [9.17, 15) is 4.79 Å². The molecule has 0 saturated carbocycles. The smallest absolute Gasteiger partial charge is 0.224 e. The van der Waals surface area contributed by atoms with Crippen molar-refractivity contribution in [2.75, 3.05) is 7.05 Å². The Bertz CT molecular complexity index is 463. The molecule has 0 heterocycles. The zero-order valence-electron chi connectivity index (χ0n) is 10.9. The fourth-order valence-electron chi connectivity index (χ4n) is 1.29. The van der Waals surface area contributed by atoms with E-state index in [0.29, 0.717) is 6.42 Å². The number of hydrogen-bond donors (Lipinski definition) is 1. The van der Waals surface area contributed by atoms with E-state index < -0.39 is 8.07 Å². The summed E-state index contributed by atoms with van der Waals surface area (Å²) in [7, 11) is 0.313. The Kier molecular flexibility index (Phi) is 4.53. The molecule has 0 aliphatic carbocycles. The van der Waals surface area contributed by atoms with Gasteiger partial charge >= 0.3 is 0 Å². The van der Waals surface area contributed by atoms with E-state index in [1.807, 2.05) is 24.3 Å². The number of hydrogen-bond acceptors (Lipinski definition) is 1. The minimum absolute atomic E-state index is 0.0281. The number of nitrogens with one attached hydrogen (secondary N) is 1. The van der Waals surface area contributed by atoms with E-state index >= 15 is 0 Å². The van der Waals surface area contributed by atoms with Crippen LogP contribution in [-0.4, -0.2) is 21.0 Å². The maximum absolute atomic E-state index is 11.3. The van der Waals surface area contributed by atoms with Crippen molar-refractivity contribution in [2.45, 2.75) is 26.1 Å². The van der Waals surface area contributed by atoms with Crippen molar-refractivity contribution in [3.8, 4) is 11.5 Å². The first kappa shape index (κ1) is 13.5. The van der Waals surface area contributed by atoms with Crippen LogP contribution in [0, 0.1) is 11.5 Å². The number of likely N-dealkylation sites (N-methyl/N-ethyl adjacent to an activating group) is 1. The molecule has 0 bridgehead atoms. The van der Waals surface area contributed by atoms with Crippen molar-refractivity contribution in [2.24, 2.45) is 0 Å². The highest BCUT2D eigenvalue weighted by atomic mass is 28.3. The predicted molar refractivity (Wildman–Crippen MR) is 74.4 cm³/mol. The third-order valence-electron chi connectivity index (χ3n) is 2.15. The van der Waals surface area contributed by atoms with Gasteiger partial charge in [0.2, 0.25) is 5.91 Å². The van der Waals surface area contributed by atoms with Crippen LogP contribution in [0.2, 0.25) is 19.6 Å². The zero-order chi connectivity index (χ0) is 12.9. The highest BCUT2D eigenvalue weighted by Gasteiger charge is 2.07. The molecule has 1 amide bonds. The molecule has 0 fully saturated rings. The van der Waals surface area contributed by atoms with Crippen LogP contribution >= 0.6 is 0 Å². The molecule has 0 radical (unpaired) electrons. The largest absolute Gasteiger partial charge is 0.359 e. The number of benzene rings is 1. The summed E-state index contributed by atoms with van der Waals surface area (Å²) in [5.41, 5.74) is 5.32. The molecule has 0 spiro atoms. The number of amides is 1. The van der Waals surface area contributed by atoms with Crippen molar-refractivity contribution < 1.29 is 4.79 Å². The minimum atomic E-state index is -1.34. The summed E-state index contributed by atoms with van der Waals surface area (Å²) < 4.78 is 0. The Morgan fingerprint density at radius 3 is 2.65 bits per heavy atom. The fraction of sp³-hybridized carbons (Fsp3) is 0.357. The average Bonchev–Trinajstić information content (AvgIpc) is 2.26. The Morgan fingerprint density at radius 2 is 2.06 bits per heavy atom. The standard InChI is InChI=1S/C14H19NOSi/c1-15-14(16)11-13-7-5-6-12(10-13)8-9-17(2,3)4/h5-7,10H,11H2,1-4H3,(H,15,16). The first-order valence-corrected chi connectivity index (χ1v) is 9.23. The SMILES string of the molecule is CNC(=O)Cc1cccc(C#C[Si](C)(C)C)c1. The maximum atomic E-state index is 11.3. The van der Waals surface area contributed by atoms with Crippen molar-refractivity contribution in [1.82, 2.24) is 5.32 Å². The molecule has 1 aromatic carbocycles. The van der Waals surface area contributed by atoms with Gasteiger partial charge in [-0.2, -0.15) is 0 Å². The van der Waals surface area contributed by atoms with E-state index in [-0.39, 0.29) is 5.91 Å². The van der Waals surface area contributed by atoms with Gasteiger partial charge in [-0.15, -0.1) is 5.54 Å². The molecular formula is C14H19NOSi. The predicted octanol–water partition coefficient (Wildman–Crippen LogP) is 2.20. The second-order valence-electron chi connectivity index (χ2n) is 5.05. The Labute approximate surface area is 104 Å². The van der Waals surface area contributed by atoms with Gasteiger partial charge in [-0.25, -0.2) is 0 Å². The van der Waals surface area contributed by atoms with Gasteiger partial charge < -0.3 is 5.32 Å². The summed E-state index contributed by atoms with van der Waals surface area (Å²) in [6.45, 7) is 6.65. The molecule has 0 aromatic heterocycles. The molecule has 1 aromatic rings. The van der Waals surface area contributed by atoms with E-state index in [1.54, 1.807) is 7.05 Å². The first-order chi connectivity index (χ1) is 7.90. The van der Waals surface area contributed by atoms with Crippen LogP contribution in [0.5, 0.6) is 0 Å². The van der Waals surface area contributed by atoms with Crippen molar-refractivity contribution in [1.29, 1.82) is 0 Å². The second kappa shape index (κ2) is 5.69. The van der Waals surface area contributed by atoms with Crippen LogP contribution in [0.25, 0.3) is 0 Å². The molecule has 0 aliphatic heterocycles. The van der Waals surface area contributed by atoms with Gasteiger partial charge in [0.25, 0.3) is 0 Å². The van der Waals surface area contributed by atoms with E-state index in [4.69, 9.17) is 0 Å². The van der Waals surface area contributed by atoms with Gasteiger partial charge in [0, 0.05) is 12.6 Å². The van der Waals surface area contributed by atoms with Gasteiger partial charge in [0.05, 0.1) is 6.42 Å². The highest BCUT2D eigenvalue weighted by molar-refractivity contribution is 6.83. The molecule has 0 aliphatic rings. The molecule has 0 atom stereocenters. The van der Waals surface area contributed by atoms with Crippen molar-refractivity contribution in [3.63, 3.8) is 0 Å². The highest BCUT2D eigenvalue weighted by Crippen LogP contribution is 2.06. The van der Waals surface area contributed by atoms with Crippen molar-refractivity contribution in [3.05, 3.63) is 35.4 Å². The normalized spacial score (nSPS) is 10.4. The molecule has 0 saturated heterocycles. The zero-order valence-corrected chi connectivity index (χ0v) is 11.9. The van der Waals surface area contributed by atoms with Crippen LogP contribution < -0.4 is 5.32 Å². The number of carbonyl (C=O) groups is 1. The number of carbonyl (C=O) groups excluding carboxylic acids is 1. The third-order valence-corrected chi connectivity index (χ3v) is 3.03. The summed E-state index contributed by atoms with van der Waals surface area (Å²) in [6.07, 6.45) is 0.416. The molecule has 90 valence electrons. The molecular weight excluding hydrogens is 226 g/mol. The van der Waals surface area contributed by atoms with Crippen molar-refractivity contribution >= 4 is 14.0 Å². The lowest BCUT2D eigenvalue weighted by molar-refractivity contribution is -0.119. The average molecular weight is 245 g/mol. The van der Waals surface area contributed by atoms with E-state index in [0.717, 1.165) is 11.1 Å².